The van der Waals surface area contributed by atoms with E-state index in [0.717, 1.165) is 24.3 Å². The maximum atomic E-state index is 13.2. The summed E-state index contributed by atoms with van der Waals surface area (Å²) in [5.74, 6) is 1.87. The van der Waals surface area contributed by atoms with Gasteiger partial charge in [-0.05, 0) is 74.2 Å². The highest BCUT2D eigenvalue weighted by Crippen LogP contribution is 2.40. The fourth-order valence-electron chi connectivity index (χ4n) is 5.98. The number of carbonyl (C=O) groups excluding carboxylic acids is 4. The van der Waals surface area contributed by atoms with Gasteiger partial charge >= 0.3 is 6.09 Å². The Balaban J connectivity index is 0.00000121. The van der Waals surface area contributed by atoms with Crippen LogP contribution >= 0.6 is 11.9 Å². The normalized spacial score (nSPS) is 15.9. The lowest BCUT2D eigenvalue weighted by Crippen LogP contribution is -2.53. The van der Waals surface area contributed by atoms with Crippen molar-refractivity contribution in [1.29, 1.82) is 0 Å². The Labute approximate surface area is 352 Å². The second-order valence-electron chi connectivity index (χ2n) is 15.8. The number of hydrogen-bond acceptors (Lipinski definition) is 12. The number of methoxy groups -OCH3 is 1. The maximum absolute atomic E-state index is 13.2. The molecule has 0 bridgehead atoms. The Bertz CT molecular complexity index is 1890. The summed E-state index contributed by atoms with van der Waals surface area (Å²) >= 11 is 1.40. The number of rotatable bonds is 16. The van der Waals surface area contributed by atoms with E-state index < -0.39 is 29.5 Å². The Morgan fingerprint density at radius 2 is 1.76 bits per heavy atom. The van der Waals surface area contributed by atoms with Gasteiger partial charge in [0.2, 0.25) is 24.5 Å². The molecule has 4 amide bonds. The van der Waals surface area contributed by atoms with Gasteiger partial charge in [0, 0.05) is 22.8 Å². The van der Waals surface area contributed by atoms with Crippen LogP contribution in [0.25, 0.3) is 22.3 Å². The van der Waals surface area contributed by atoms with Gasteiger partial charge in [0.25, 0.3) is 5.91 Å². The Morgan fingerprint density at radius 1 is 1.02 bits per heavy atom. The lowest BCUT2D eigenvalue weighted by Gasteiger charge is -2.27. The highest BCUT2D eigenvalue weighted by Gasteiger charge is 2.36. The van der Waals surface area contributed by atoms with Crippen LogP contribution in [0.15, 0.2) is 36.4 Å². The van der Waals surface area contributed by atoms with Gasteiger partial charge < -0.3 is 39.2 Å². The molecule has 6 rings (SSSR count). The molecule has 2 fully saturated rings. The Kier molecular flexibility index (Phi) is 17.7. The number of benzene rings is 2. The second kappa shape index (κ2) is 22.4. The van der Waals surface area contributed by atoms with Crippen LogP contribution < -0.4 is 34.3 Å². The largest absolute Gasteiger partial charge is 0.493 e. The van der Waals surface area contributed by atoms with E-state index in [1.807, 2.05) is 65.0 Å². The lowest BCUT2D eigenvalue weighted by atomic mass is 9.96. The third-order valence-electron chi connectivity index (χ3n) is 8.98. The predicted octanol–water partition coefficient (Wildman–Crippen LogP) is 7.06. The Morgan fingerprint density at radius 3 is 2.46 bits per heavy atom. The zero-order valence-corrected chi connectivity index (χ0v) is 36.8. The molecule has 3 heterocycles. The summed E-state index contributed by atoms with van der Waals surface area (Å²) in [5.41, 5.74) is 1.85. The van der Waals surface area contributed by atoms with Gasteiger partial charge in [-0.15, -0.1) is 0 Å². The van der Waals surface area contributed by atoms with Crippen molar-refractivity contribution < 1.29 is 42.9 Å². The fourth-order valence-corrected chi connectivity index (χ4v) is 6.77. The average Bonchev–Trinajstić information content (AvgIpc) is 3.69. The molecule has 2 atom stereocenters. The molecule has 2 aliphatic heterocycles. The van der Waals surface area contributed by atoms with Gasteiger partial charge in [-0.1, -0.05) is 73.9 Å². The van der Waals surface area contributed by atoms with Crippen molar-refractivity contribution in [3.8, 4) is 34.4 Å². The van der Waals surface area contributed by atoms with Crippen molar-refractivity contribution in [3.63, 3.8) is 0 Å². The fraction of sp³-hybridized carbons (Fsp3) is 0.581. The Hall–Kier alpha value is -4.99. The van der Waals surface area contributed by atoms with Crippen LogP contribution in [0.5, 0.6) is 23.1 Å². The van der Waals surface area contributed by atoms with Crippen molar-refractivity contribution >= 4 is 46.8 Å². The van der Waals surface area contributed by atoms with Crippen LogP contribution in [0, 0.1) is 11.3 Å². The SMILES string of the molecule is CC.CC(C)C.CCCC(NC(=O)C1CCCN1C(=O)CNC(=O)OCC(C)(C)COc1cccc(-c2nc3ccc4c(c3nc2OC)OCO4)c1)C(=O)NSC1CC1. The predicted molar refractivity (Wildman–Crippen MR) is 228 cm³/mol. The van der Waals surface area contributed by atoms with Crippen LogP contribution in [0.1, 0.15) is 93.9 Å². The first-order chi connectivity index (χ1) is 28.3. The van der Waals surface area contributed by atoms with Crippen molar-refractivity contribution in [2.45, 2.75) is 111 Å². The molecule has 59 heavy (non-hydrogen) atoms. The zero-order valence-electron chi connectivity index (χ0n) is 36.0. The number of amides is 4. The van der Waals surface area contributed by atoms with Crippen LogP contribution in [-0.4, -0.2) is 96.2 Å². The summed E-state index contributed by atoms with van der Waals surface area (Å²) < 4.78 is 31.0. The van der Waals surface area contributed by atoms with Crippen molar-refractivity contribution in [2.24, 2.45) is 11.3 Å². The smallest absolute Gasteiger partial charge is 0.407 e. The number of ether oxygens (including phenoxy) is 5. The molecule has 1 aliphatic carbocycles. The second-order valence-corrected chi connectivity index (χ2v) is 16.9. The standard InChI is InChI=1S/C37H46N6O9S.C4H10.C2H6/c1-5-8-26(33(45)42-53-24-12-13-24)40-34(46)27-11-7-16-43(27)29(44)18-38-36(47)50-20-37(2,3)19-49-23-10-6-9-22(17-23)30-35(48-4)41-31-25(39-30)14-15-28-32(31)52-21-51-28;1-4(2)3;1-2/h6,9-10,14-15,17,24,26-27H,5,7-8,11-13,16,18-21H2,1-4H3,(H,38,47)(H,40,46)(H,42,45);4H,1-3H3;1-2H3. The number of nitrogens with zero attached hydrogens (tertiary/aromatic N) is 3. The van der Waals surface area contributed by atoms with Crippen LogP contribution in [0.4, 0.5) is 4.79 Å². The van der Waals surface area contributed by atoms with Crippen molar-refractivity contribution in [2.75, 3.05) is 40.2 Å². The van der Waals surface area contributed by atoms with E-state index in [4.69, 9.17) is 28.7 Å². The molecule has 1 saturated heterocycles. The van der Waals surface area contributed by atoms with Gasteiger partial charge in [-0.3, -0.25) is 19.1 Å². The molecule has 0 radical (unpaired) electrons. The summed E-state index contributed by atoms with van der Waals surface area (Å²) in [6.07, 6.45) is 3.73. The third kappa shape index (κ3) is 13.8. The minimum Gasteiger partial charge on any atom is -0.493 e. The lowest BCUT2D eigenvalue weighted by molar-refractivity contribution is -0.138. The van der Waals surface area contributed by atoms with Gasteiger partial charge in [0.1, 0.15) is 42.2 Å². The third-order valence-corrected chi connectivity index (χ3v) is 10.1. The molecule has 324 valence electrons. The van der Waals surface area contributed by atoms with E-state index in [2.05, 4.69) is 41.1 Å². The average molecular weight is 839 g/mol. The van der Waals surface area contributed by atoms with E-state index in [-0.39, 0.29) is 38.4 Å². The maximum Gasteiger partial charge on any atom is 0.407 e. The number of aromatic nitrogens is 2. The highest BCUT2D eigenvalue weighted by molar-refractivity contribution is 7.98. The minimum atomic E-state index is -0.758. The molecule has 2 unspecified atom stereocenters. The number of hydrogen-bond donors (Lipinski definition) is 3. The number of nitrogens with one attached hydrogen (secondary N) is 3. The number of fused-ring (bicyclic) bond motifs is 3. The molecule has 3 aromatic rings. The van der Waals surface area contributed by atoms with E-state index in [1.165, 1.54) is 24.0 Å². The van der Waals surface area contributed by atoms with Gasteiger partial charge in [-0.25, -0.2) is 14.8 Å². The van der Waals surface area contributed by atoms with Gasteiger partial charge in [-0.2, -0.15) is 0 Å². The van der Waals surface area contributed by atoms with E-state index in [9.17, 15) is 19.2 Å². The van der Waals surface area contributed by atoms with Crippen molar-refractivity contribution in [1.82, 2.24) is 30.2 Å². The van der Waals surface area contributed by atoms with Crippen LogP contribution in [0.3, 0.4) is 0 Å². The molecule has 1 aromatic heterocycles. The summed E-state index contributed by atoms with van der Waals surface area (Å²) in [6, 6.07) is 9.60. The molecule has 2 aromatic carbocycles. The highest BCUT2D eigenvalue weighted by atomic mass is 32.2. The van der Waals surface area contributed by atoms with Crippen LogP contribution in [0.2, 0.25) is 0 Å². The molecular weight excluding hydrogens is 777 g/mol. The number of alkyl carbamates (subject to hydrolysis) is 1. The molecule has 15 nitrogen and oxygen atoms in total. The first kappa shape index (κ1) is 46.7. The number of carbonyl (C=O) groups is 4. The van der Waals surface area contributed by atoms with Crippen LogP contribution in [-0.2, 0) is 19.1 Å². The topological polar surface area (TPSA) is 180 Å². The van der Waals surface area contributed by atoms with E-state index >= 15 is 0 Å². The van der Waals surface area contributed by atoms with E-state index in [0.29, 0.717) is 77.3 Å². The molecule has 3 aliphatic rings. The minimum absolute atomic E-state index is 0.0153. The number of likely N-dealkylation sites (tertiary alicyclic amines) is 1. The van der Waals surface area contributed by atoms with E-state index in [1.54, 1.807) is 6.07 Å². The molecule has 0 spiro atoms. The first-order valence-electron chi connectivity index (χ1n) is 20.6. The summed E-state index contributed by atoms with van der Waals surface area (Å²) in [5, 5.41) is 5.80. The first-order valence-corrected chi connectivity index (χ1v) is 21.5. The summed E-state index contributed by atoms with van der Waals surface area (Å²) in [6.45, 7) is 16.6. The molecule has 3 N–H and O–H groups in total. The molecule has 1 saturated carbocycles. The quantitative estimate of drug-likeness (QED) is 0.125. The molecular formula is C43H62N6O9S. The van der Waals surface area contributed by atoms with Crippen molar-refractivity contribution in [3.05, 3.63) is 36.4 Å². The van der Waals surface area contributed by atoms with Gasteiger partial charge in [0.05, 0.1) is 19.2 Å². The van der Waals surface area contributed by atoms with Gasteiger partial charge in [0.15, 0.2) is 11.5 Å². The summed E-state index contributed by atoms with van der Waals surface area (Å²) in [7, 11) is 1.53. The summed E-state index contributed by atoms with van der Waals surface area (Å²) in [4.78, 5) is 62.5. The zero-order chi connectivity index (χ0) is 43.1. The molecule has 16 heteroatoms. The monoisotopic (exact) mass is 838 g/mol.